The van der Waals surface area contributed by atoms with Crippen LogP contribution in [0.4, 0.5) is 0 Å². The third kappa shape index (κ3) is 3.75. The molecular weight excluding hydrogens is 296 g/mol. The van der Waals surface area contributed by atoms with Crippen molar-refractivity contribution in [3.63, 3.8) is 0 Å². The standard InChI is InChI=1S/C15H18N6S/c1-11-12(8-19-21-11)4-2-5-16-9-13-10-22-15(20-13)14-17-6-3-7-18-14/h3,6-8,10,16H,2,4-5,9H2,1H3,(H,19,21). The van der Waals surface area contributed by atoms with Crippen LogP contribution >= 0.6 is 11.3 Å². The Morgan fingerprint density at radius 3 is 2.91 bits per heavy atom. The molecule has 0 radical (unpaired) electrons. The Hall–Kier alpha value is -2.12. The van der Waals surface area contributed by atoms with Gasteiger partial charge in [0.15, 0.2) is 10.8 Å². The van der Waals surface area contributed by atoms with Gasteiger partial charge in [0.05, 0.1) is 11.9 Å². The predicted octanol–water partition coefficient (Wildman–Crippen LogP) is 2.35. The van der Waals surface area contributed by atoms with Gasteiger partial charge in [0.25, 0.3) is 0 Å². The van der Waals surface area contributed by atoms with Gasteiger partial charge in [-0.25, -0.2) is 15.0 Å². The number of hydrogen-bond acceptors (Lipinski definition) is 6. The number of H-pyrrole nitrogens is 1. The maximum absolute atomic E-state index is 4.56. The van der Waals surface area contributed by atoms with Crippen molar-refractivity contribution in [1.82, 2.24) is 30.5 Å². The van der Waals surface area contributed by atoms with Crippen LogP contribution < -0.4 is 5.32 Å². The second-order valence-corrected chi connectivity index (χ2v) is 5.88. The highest BCUT2D eigenvalue weighted by Crippen LogP contribution is 2.19. The van der Waals surface area contributed by atoms with E-state index in [1.54, 1.807) is 29.8 Å². The molecule has 114 valence electrons. The van der Waals surface area contributed by atoms with Crippen molar-refractivity contribution in [2.24, 2.45) is 0 Å². The number of rotatable bonds is 7. The monoisotopic (exact) mass is 314 g/mol. The summed E-state index contributed by atoms with van der Waals surface area (Å²) in [4.78, 5) is 13.0. The Labute approximate surface area is 133 Å². The van der Waals surface area contributed by atoms with Crippen LogP contribution in [0.2, 0.25) is 0 Å². The molecule has 0 aromatic carbocycles. The Kier molecular flexibility index (Phi) is 4.87. The van der Waals surface area contributed by atoms with Gasteiger partial charge >= 0.3 is 0 Å². The average molecular weight is 314 g/mol. The summed E-state index contributed by atoms with van der Waals surface area (Å²) in [5, 5.41) is 13.3. The maximum Gasteiger partial charge on any atom is 0.188 e. The minimum atomic E-state index is 0.689. The van der Waals surface area contributed by atoms with Crippen molar-refractivity contribution >= 4 is 11.3 Å². The van der Waals surface area contributed by atoms with E-state index in [1.807, 2.05) is 6.20 Å². The van der Waals surface area contributed by atoms with Crippen LogP contribution in [0.25, 0.3) is 10.8 Å². The zero-order valence-corrected chi connectivity index (χ0v) is 13.2. The highest BCUT2D eigenvalue weighted by molar-refractivity contribution is 7.13. The van der Waals surface area contributed by atoms with Gasteiger partial charge in [-0.2, -0.15) is 5.10 Å². The fraction of sp³-hybridized carbons (Fsp3) is 0.333. The molecule has 0 aliphatic carbocycles. The zero-order valence-electron chi connectivity index (χ0n) is 12.4. The van der Waals surface area contributed by atoms with Gasteiger partial charge in [0.1, 0.15) is 0 Å². The quantitative estimate of drug-likeness (QED) is 0.654. The fourth-order valence-electron chi connectivity index (χ4n) is 2.15. The van der Waals surface area contributed by atoms with Gasteiger partial charge < -0.3 is 5.32 Å². The van der Waals surface area contributed by atoms with Gasteiger partial charge in [0.2, 0.25) is 0 Å². The Morgan fingerprint density at radius 1 is 1.27 bits per heavy atom. The van der Waals surface area contributed by atoms with Crippen LogP contribution in [0.5, 0.6) is 0 Å². The molecule has 3 aromatic heterocycles. The molecule has 0 fully saturated rings. The van der Waals surface area contributed by atoms with Crippen LogP contribution in [0, 0.1) is 6.92 Å². The van der Waals surface area contributed by atoms with Crippen molar-refractivity contribution < 1.29 is 0 Å². The van der Waals surface area contributed by atoms with E-state index < -0.39 is 0 Å². The van der Waals surface area contributed by atoms with Crippen molar-refractivity contribution in [1.29, 1.82) is 0 Å². The molecule has 0 saturated carbocycles. The maximum atomic E-state index is 4.56. The van der Waals surface area contributed by atoms with Gasteiger partial charge in [-0.05, 0) is 37.9 Å². The van der Waals surface area contributed by atoms with Crippen LogP contribution in [-0.4, -0.2) is 31.7 Å². The number of nitrogens with zero attached hydrogens (tertiary/aromatic N) is 4. The first kappa shape index (κ1) is 14.8. The summed E-state index contributed by atoms with van der Waals surface area (Å²) in [6, 6.07) is 1.81. The SMILES string of the molecule is Cc1[nH]ncc1CCCNCc1csc(-c2ncccn2)n1. The van der Waals surface area contributed by atoms with Gasteiger partial charge in [-0.15, -0.1) is 11.3 Å². The van der Waals surface area contributed by atoms with E-state index in [0.717, 1.165) is 42.3 Å². The van der Waals surface area contributed by atoms with E-state index in [0.29, 0.717) is 5.82 Å². The summed E-state index contributed by atoms with van der Waals surface area (Å²) in [6.07, 6.45) is 7.50. The lowest BCUT2D eigenvalue weighted by molar-refractivity contribution is 0.642. The molecule has 7 heteroatoms. The number of nitrogens with one attached hydrogen (secondary N) is 2. The number of aromatic amines is 1. The summed E-state index contributed by atoms with van der Waals surface area (Å²) < 4.78 is 0. The predicted molar refractivity (Wildman–Crippen MR) is 86.5 cm³/mol. The lowest BCUT2D eigenvalue weighted by atomic mass is 10.1. The van der Waals surface area contributed by atoms with Crippen molar-refractivity contribution in [2.75, 3.05) is 6.54 Å². The Balaban J connectivity index is 1.43. The van der Waals surface area contributed by atoms with E-state index in [2.05, 4.69) is 42.8 Å². The summed E-state index contributed by atoms with van der Waals surface area (Å²) in [5.41, 5.74) is 3.48. The van der Waals surface area contributed by atoms with Crippen molar-refractivity contribution in [3.8, 4) is 10.8 Å². The normalized spacial score (nSPS) is 11.0. The van der Waals surface area contributed by atoms with Crippen molar-refractivity contribution in [3.05, 3.63) is 47.0 Å². The molecule has 0 atom stereocenters. The molecule has 0 bridgehead atoms. The minimum absolute atomic E-state index is 0.689. The molecule has 0 aliphatic rings. The molecule has 3 aromatic rings. The number of hydrogen-bond donors (Lipinski definition) is 2. The third-order valence-electron chi connectivity index (χ3n) is 3.35. The Bertz CT molecular complexity index is 706. The Morgan fingerprint density at radius 2 is 2.14 bits per heavy atom. The molecule has 3 heterocycles. The number of aromatic nitrogens is 5. The molecule has 0 unspecified atom stereocenters. The van der Waals surface area contributed by atoms with E-state index >= 15 is 0 Å². The topological polar surface area (TPSA) is 79.4 Å². The van der Waals surface area contributed by atoms with Gasteiger partial charge in [-0.1, -0.05) is 0 Å². The number of thiazole rings is 1. The molecule has 0 amide bonds. The summed E-state index contributed by atoms with van der Waals surface area (Å²) in [5.74, 6) is 0.689. The lowest BCUT2D eigenvalue weighted by Crippen LogP contribution is -2.15. The second kappa shape index (κ2) is 7.24. The van der Waals surface area contributed by atoms with E-state index in [1.165, 1.54) is 5.56 Å². The van der Waals surface area contributed by atoms with E-state index in [9.17, 15) is 0 Å². The van der Waals surface area contributed by atoms with Crippen molar-refractivity contribution in [2.45, 2.75) is 26.3 Å². The van der Waals surface area contributed by atoms with E-state index in [4.69, 9.17) is 0 Å². The second-order valence-electron chi connectivity index (χ2n) is 5.02. The summed E-state index contributed by atoms with van der Waals surface area (Å²) in [6.45, 7) is 3.78. The molecule has 6 nitrogen and oxygen atoms in total. The molecule has 3 rings (SSSR count). The zero-order chi connectivity index (χ0) is 15.2. The average Bonchev–Trinajstić information content (AvgIpc) is 3.17. The first-order valence-electron chi connectivity index (χ1n) is 7.24. The molecular formula is C15H18N6S. The lowest BCUT2D eigenvalue weighted by Gasteiger charge is -2.02. The molecule has 0 saturated heterocycles. The molecule has 22 heavy (non-hydrogen) atoms. The van der Waals surface area contributed by atoms with Crippen LogP contribution in [0.15, 0.2) is 30.0 Å². The smallest absolute Gasteiger partial charge is 0.188 e. The largest absolute Gasteiger partial charge is 0.311 e. The summed E-state index contributed by atoms with van der Waals surface area (Å²) >= 11 is 1.58. The van der Waals surface area contributed by atoms with E-state index in [-0.39, 0.29) is 0 Å². The molecule has 0 spiro atoms. The third-order valence-corrected chi connectivity index (χ3v) is 4.24. The minimum Gasteiger partial charge on any atom is -0.311 e. The fourth-order valence-corrected chi connectivity index (χ4v) is 2.91. The van der Waals surface area contributed by atoms with Crippen LogP contribution in [0.1, 0.15) is 23.4 Å². The molecule has 2 N–H and O–H groups in total. The number of aryl methyl sites for hydroxylation is 2. The highest BCUT2D eigenvalue weighted by atomic mass is 32.1. The van der Waals surface area contributed by atoms with Crippen LogP contribution in [0.3, 0.4) is 0 Å². The van der Waals surface area contributed by atoms with Gasteiger partial charge in [-0.3, -0.25) is 5.10 Å². The van der Waals surface area contributed by atoms with Crippen LogP contribution in [-0.2, 0) is 13.0 Å². The van der Waals surface area contributed by atoms with Gasteiger partial charge in [0, 0.05) is 30.0 Å². The highest BCUT2D eigenvalue weighted by Gasteiger charge is 2.06. The summed E-state index contributed by atoms with van der Waals surface area (Å²) in [7, 11) is 0. The molecule has 0 aliphatic heterocycles. The first-order valence-corrected chi connectivity index (χ1v) is 8.12. The first-order chi connectivity index (χ1) is 10.8.